The Bertz CT molecular complexity index is 1250. The maximum absolute atomic E-state index is 12.5. The van der Waals surface area contributed by atoms with Gasteiger partial charge in [-0.1, -0.05) is 37.6 Å². The van der Waals surface area contributed by atoms with Gasteiger partial charge in [0, 0.05) is 12.6 Å². The van der Waals surface area contributed by atoms with E-state index < -0.39 is 11.1 Å². The molecule has 1 aromatic rings. The summed E-state index contributed by atoms with van der Waals surface area (Å²) in [5, 5.41) is 0.0411. The zero-order valence-electron chi connectivity index (χ0n) is 17.5. The van der Waals surface area contributed by atoms with Crippen molar-refractivity contribution in [1.82, 2.24) is 14.5 Å². The van der Waals surface area contributed by atoms with Crippen molar-refractivity contribution in [3.8, 4) is 11.4 Å². The van der Waals surface area contributed by atoms with Crippen LogP contribution >= 0.6 is 11.6 Å². The zero-order chi connectivity index (χ0) is 21.4. The topological polar surface area (TPSA) is 67.8 Å². The van der Waals surface area contributed by atoms with E-state index in [-0.39, 0.29) is 5.38 Å². The first-order valence-corrected chi connectivity index (χ1v) is 10.9. The number of aryl methyl sites for hydroxylation is 3. The molecule has 1 N–H and O–H groups in total. The molecule has 30 heavy (non-hydrogen) atoms. The van der Waals surface area contributed by atoms with Gasteiger partial charge >= 0.3 is 0 Å². The summed E-state index contributed by atoms with van der Waals surface area (Å²) in [6, 6.07) is 5.66. The SMILES string of the molecule is CCc1cc2nc3c(=O)[nH]c(=O)cc-3n(CCC(C)C3=CC=CC(Cl)C3)c2cc1C. The predicted molar refractivity (Wildman–Crippen MR) is 123 cm³/mol. The number of nitrogens with zero attached hydrogens (tertiary/aromatic N) is 2. The first-order valence-electron chi connectivity index (χ1n) is 10.5. The van der Waals surface area contributed by atoms with Crippen molar-refractivity contribution < 1.29 is 0 Å². The van der Waals surface area contributed by atoms with E-state index in [1.54, 1.807) is 0 Å². The van der Waals surface area contributed by atoms with Gasteiger partial charge in [0.15, 0.2) is 5.69 Å². The average molecular weight is 424 g/mol. The van der Waals surface area contributed by atoms with Gasteiger partial charge in [-0.15, -0.1) is 11.6 Å². The molecule has 0 saturated heterocycles. The Hall–Kier alpha value is -2.66. The Morgan fingerprint density at radius 1 is 1.30 bits per heavy atom. The number of fused-ring (bicyclic) bond motifs is 2. The standard InChI is InChI=1S/C24H26ClN3O2/c1-4-16-12-19-20(10-15(16)3)28(21-13-22(29)27-24(30)23(21)26-19)9-8-14(2)17-6-5-7-18(25)11-17/h5-7,10,12-14,18H,4,8-9,11H2,1-3H3,(H,27,29,30). The molecular formula is C24H26ClN3O2. The summed E-state index contributed by atoms with van der Waals surface area (Å²) in [7, 11) is 0. The lowest BCUT2D eigenvalue weighted by molar-refractivity contribution is 0.529. The maximum atomic E-state index is 12.5. The highest BCUT2D eigenvalue weighted by molar-refractivity contribution is 6.22. The van der Waals surface area contributed by atoms with Gasteiger partial charge in [0.2, 0.25) is 0 Å². The summed E-state index contributed by atoms with van der Waals surface area (Å²) in [5.74, 6) is 0.340. The zero-order valence-corrected chi connectivity index (χ0v) is 18.3. The molecule has 0 spiro atoms. The molecule has 0 amide bonds. The molecular weight excluding hydrogens is 398 g/mol. The van der Waals surface area contributed by atoms with Gasteiger partial charge < -0.3 is 4.57 Å². The fourth-order valence-electron chi connectivity index (χ4n) is 4.27. The van der Waals surface area contributed by atoms with E-state index in [1.807, 2.05) is 12.2 Å². The summed E-state index contributed by atoms with van der Waals surface area (Å²) >= 11 is 6.30. The second-order valence-corrected chi connectivity index (χ2v) is 8.68. The van der Waals surface area contributed by atoms with Crippen molar-refractivity contribution in [3.63, 3.8) is 0 Å². The second kappa shape index (κ2) is 8.23. The number of allylic oxidation sites excluding steroid dienone is 4. The number of hydrogen-bond acceptors (Lipinski definition) is 3. The normalized spacial score (nSPS) is 17.5. The van der Waals surface area contributed by atoms with Crippen LogP contribution in [-0.4, -0.2) is 19.9 Å². The van der Waals surface area contributed by atoms with Crippen molar-refractivity contribution in [2.75, 3.05) is 0 Å². The van der Waals surface area contributed by atoms with E-state index in [9.17, 15) is 9.59 Å². The van der Waals surface area contributed by atoms with Gasteiger partial charge in [-0.3, -0.25) is 14.6 Å². The molecule has 156 valence electrons. The number of H-pyrrole nitrogens is 1. The lowest BCUT2D eigenvalue weighted by Gasteiger charge is -2.23. The molecule has 4 rings (SSSR count). The lowest BCUT2D eigenvalue weighted by Crippen LogP contribution is -2.25. The maximum Gasteiger partial charge on any atom is 0.278 e. The molecule has 2 aliphatic heterocycles. The summed E-state index contributed by atoms with van der Waals surface area (Å²) in [6.45, 7) is 7.08. The quantitative estimate of drug-likeness (QED) is 0.482. The van der Waals surface area contributed by atoms with E-state index >= 15 is 0 Å². The highest BCUT2D eigenvalue weighted by Crippen LogP contribution is 2.29. The molecule has 3 aliphatic rings. The van der Waals surface area contributed by atoms with Crippen LogP contribution in [0.1, 0.15) is 37.8 Å². The third-order valence-electron chi connectivity index (χ3n) is 6.07. The molecule has 0 bridgehead atoms. The molecule has 6 heteroatoms. The number of halogens is 1. The molecule has 1 aliphatic carbocycles. The third-order valence-corrected chi connectivity index (χ3v) is 6.37. The summed E-state index contributed by atoms with van der Waals surface area (Å²) < 4.78 is 2.08. The van der Waals surface area contributed by atoms with Crippen molar-refractivity contribution in [2.45, 2.75) is 52.0 Å². The largest absolute Gasteiger partial charge is 0.338 e. The fourth-order valence-corrected chi connectivity index (χ4v) is 4.53. The van der Waals surface area contributed by atoms with E-state index in [2.05, 4.69) is 53.5 Å². The molecule has 2 atom stereocenters. The Morgan fingerprint density at radius 2 is 2.10 bits per heavy atom. The Balaban J connectivity index is 1.82. The highest BCUT2D eigenvalue weighted by atomic mass is 35.5. The van der Waals surface area contributed by atoms with Crippen LogP contribution in [-0.2, 0) is 13.0 Å². The van der Waals surface area contributed by atoms with Crippen LogP contribution in [0.4, 0.5) is 0 Å². The van der Waals surface area contributed by atoms with Crippen LogP contribution in [0, 0.1) is 12.8 Å². The Morgan fingerprint density at radius 3 is 2.83 bits per heavy atom. The minimum Gasteiger partial charge on any atom is -0.338 e. The van der Waals surface area contributed by atoms with Gasteiger partial charge in [0.05, 0.1) is 22.1 Å². The number of nitrogens with one attached hydrogen (secondary N) is 1. The van der Waals surface area contributed by atoms with Gasteiger partial charge in [-0.25, -0.2) is 4.98 Å². The molecule has 0 radical (unpaired) electrons. The van der Waals surface area contributed by atoms with E-state index in [1.165, 1.54) is 22.8 Å². The predicted octanol–water partition coefficient (Wildman–Crippen LogP) is 4.58. The lowest BCUT2D eigenvalue weighted by atomic mass is 9.90. The molecule has 0 fully saturated rings. The van der Waals surface area contributed by atoms with Crippen LogP contribution in [0.5, 0.6) is 0 Å². The Kier molecular flexibility index (Phi) is 5.65. The van der Waals surface area contributed by atoms with Crippen molar-refractivity contribution in [1.29, 1.82) is 0 Å². The molecule has 2 heterocycles. The van der Waals surface area contributed by atoms with Crippen molar-refractivity contribution >= 4 is 22.6 Å². The molecule has 2 unspecified atom stereocenters. The number of aromatic nitrogens is 3. The van der Waals surface area contributed by atoms with Crippen LogP contribution in [0.3, 0.4) is 0 Å². The number of aromatic amines is 1. The second-order valence-electron chi connectivity index (χ2n) is 8.12. The van der Waals surface area contributed by atoms with E-state index in [4.69, 9.17) is 11.6 Å². The minimum atomic E-state index is -0.440. The third kappa shape index (κ3) is 3.86. The average Bonchev–Trinajstić information content (AvgIpc) is 2.71. The van der Waals surface area contributed by atoms with Gasteiger partial charge in [0.25, 0.3) is 11.1 Å². The van der Waals surface area contributed by atoms with Crippen LogP contribution < -0.4 is 11.1 Å². The highest BCUT2D eigenvalue weighted by Gasteiger charge is 2.20. The van der Waals surface area contributed by atoms with Crippen LogP contribution in [0.15, 0.2) is 51.6 Å². The number of alkyl halides is 1. The molecule has 0 aromatic heterocycles. The number of pyridine rings is 1. The number of hydrogen-bond donors (Lipinski definition) is 1. The molecule has 5 nitrogen and oxygen atoms in total. The van der Waals surface area contributed by atoms with E-state index in [0.29, 0.717) is 23.9 Å². The van der Waals surface area contributed by atoms with Crippen molar-refractivity contribution in [3.05, 3.63) is 73.8 Å². The van der Waals surface area contributed by atoms with Crippen molar-refractivity contribution in [2.24, 2.45) is 5.92 Å². The van der Waals surface area contributed by atoms with Gasteiger partial charge in [-0.05, 0) is 55.4 Å². The van der Waals surface area contributed by atoms with Gasteiger partial charge in [-0.2, -0.15) is 0 Å². The Labute approximate surface area is 180 Å². The summed E-state index contributed by atoms with van der Waals surface area (Å²) in [4.78, 5) is 31.5. The number of rotatable bonds is 5. The van der Waals surface area contributed by atoms with E-state index in [0.717, 1.165) is 30.3 Å². The molecule has 0 saturated carbocycles. The van der Waals surface area contributed by atoms with Crippen LogP contribution in [0.2, 0.25) is 0 Å². The first-order chi connectivity index (χ1) is 14.4. The van der Waals surface area contributed by atoms with Crippen LogP contribution in [0.25, 0.3) is 22.4 Å². The fraction of sp³-hybridized carbons (Fsp3) is 0.375. The monoisotopic (exact) mass is 423 g/mol. The minimum absolute atomic E-state index is 0.0411. The van der Waals surface area contributed by atoms with Gasteiger partial charge in [0.1, 0.15) is 0 Å². The smallest absolute Gasteiger partial charge is 0.278 e. The first kappa shape index (κ1) is 20.6. The summed E-state index contributed by atoms with van der Waals surface area (Å²) in [6.07, 6.45) is 8.80. The number of benzene rings is 1. The summed E-state index contributed by atoms with van der Waals surface area (Å²) in [5.41, 5.74) is 5.49. The molecule has 1 aromatic carbocycles.